The molecule has 1 aromatic carbocycles. The second-order valence-electron chi connectivity index (χ2n) is 4.63. The summed E-state index contributed by atoms with van der Waals surface area (Å²) >= 11 is 0. The maximum Gasteiger partial charge on any atom is 0.231 e. The van der Waals surface area contributed by atoms with E-state index >= 15 is 0 Å². The molecule has 2 aliphatic heterocycles. The minimum absolute atomic E-state index is 0.340. The maximum atomic E-state index is 5.40. The third-order valence-electron chi connectivity index (χ3n) is 3.32. The van der Waals surface area contributed by atoms with E-state index in [0.717, 1.165) is 37.9 Å². The van der Waals surface area contributed by atoms with Crippen molar-refractivity contribution in [3.63, 3.8) is 0 Å². The summed E-state index contributed by atoms with van der Waals surface area (Å²) in [6.07, 6.45) is 0. The molecule has 1 fully saturated rings. The van der Waals surface area contributed by atoms with Gasteiger partial charge in [0.15, 0.2) is 11.5 Å². The zero-order valence-electron chi connectivity index (χ0n) is 10.0. The predicted octanol–water partition coefficient (Wildman–Crippen LogP) is 1.81. The highest BCUT2D eigenvalue weighted by Gasteiger charge is 2.19. The van der Waals surface area contributed by atoms with Gasteiger partial charge in [-0.25, -0.2) is 0 Å². The number of ether oxygens (including phenoxy) is 3. The van der Waals surface area contributed by atoms with Crippen LogP contribution in [0.4, 0.5) is 0 Å². The summed E-state index contributed by atoms with van der Waals surface area (Å²) < 4.78 is 16.1. The lowest BCUT2D eigenvalue weighted by molar-refractivity contribution is 0.138. The van der Waals surface area contributed by atoms with Gasteiger partial charge >= 0.3 is 0 Å². The summed E-state index contributed by atoms with van der Waals surface area (Å²) in [4.78, 5) is 2.33. The fourth-order valence-electron chi connectivity index (χ4n) is 2.31. The van der Waals surface area contributed by atoms with E-state index in [4.69, 9.17) is 14.2 Å². The molecular weight excluding hydrogens is 218 g/mol. The topological polar surface area (TPSA) is 30.9 Å². The molecular formula is C13H17NO3. The number of nitrogens with zero attached hydrogens (tertiary/aromatic N) is 1. The van der Waals surface area contributed by atoms with Gasteiger partial charge in [-0.15, -0.1) is 0 Å². The lowest BCUT2D eigenvalue weighted by Gasteiger charge is -2.19. The molecule has 0 saturated carbocycles. The van der Waals surface area contributed by atoms with Crippen LogP contribution in [0.3, 0.4) is 0 Å². The fraction of sp³-hybridized carbons (Fsp3) is 0.538. The largest absolute Gasteiger partial charge is 0.454 e. The van der Waals surface area contributed by atoms with Gasteiger partial charge in [0, 0.05) is 13.1 Å². The Balaban J connectivity index is 1.70. The van der Waals surface area contributed by atoms with Gasteiger partial charge in [-0.2, -0.15) is 0 Å². The van der Waals surface area contributed by atoms with Crippen molar-refractivity contribution in [1.29, 1.82) is 0 Å². The highest BCUT2D eigenvalue weighted by atomic mass is 16.7. The van der Waals surface area contributed by atoms with Crippen LogP contribution in [0.15, 0.2) is 18.2 Å². The van der Waals surface area contributed by atoms with E-state index in [0.29, 0.717) is 12.7 Å². The molecule has 4 heteroatoms. The Labute approximate surface area is 101 Å². The summed E-state index contributed by atoms with van der Waals surface area (Å²) in [5.74, 6) is 2.20. The molecule has 0 spiro atoms. The normalized spacial score (nSPS) is 20.8. The molecule has 0 radical (unpaired) electrons. The van der Waals surface area contributed by atoms with Crippen LogP contribution in [0.2, 0.25) is 0 Å². The molecule has 0 aliphatic carbocycles. The Morgan fingerprint density at radius 3 is 3.00 bits per heavy atom. The Morgan fingerprint density at radius 2 is 2.18 bits per heavy atom. The number of hydrogen-bond acceptors (Lipinski definition) is 4. The summed E-state index contributed by atoms with van der Waals surface area (Å²) in [6, 6.07) is 6.20. The standard InChI is InChI=1S/C13H17NO3/c1-10(7-14-4-5-15-8-14)11-2-3-12-13(6-11)17-9-16-12/h2-3,6,10H,4-5,7-9H2,1H3. The second-order valence-corrected chi connectivity index (χ2v) is 4.63. The minimum Gasteiger partial charge on any atom is -0.454 e. The van der Waals surface area contributed by atoms with Gasteiger partial charge in [0.1, 0.15) is 0 Å². The molecule has 0 aromatic heterocycles. The van der Waals surface area contributed by atoms with Gasteiger partial charge in [-0.05, 0) is 23.6 Å². The van der Waals surface area contributed by atoms with Gasteiger partial charge in [0.05, 0.1) is 13.3 Å². The van der Waals surface area contributed by atoms with Crippen LogP contribution in [-0.2, 0) is 4.74 Å². The van der Waals surface area contributed by atoms with Gasteiger partial charge in [0.25, 0.3) is 0 Å². The van der Waals surface area contributed by atoms with Crippen LogP contribution in [0, 0.1) is 0 Å². The Morgan fingerprint density at radius 1 is 1.29 bits per heavy atom. The first-order valence-electron chi connectivity index (χ1n) is 6.02. The van der Waals surface area contributed by atoms with E-state index in [-0.39, 0.29) is 0 Å². The van der Waals surface area contributed by atoms with Crippen LogP contribution in [0.5, 0.6) is 11.5 Å². The van der Waals surface area contributed by atoms with E-state index in [1.807, 2.05) is 6.07 Å². The maximum absolute atomic E-state index is 5.40. The van der Waals surface area contributed by atoms with E-state index < -0.39 is 0 Å². The van der Waals surface area contributed by atoms with Crippen molar-refractivity contribution in [3.05, 3.63) is 23.8 Å². The van der Waals surface area contributed by atoms with Crippen LogP contribution in [0.25, 0.3) is 0 Å². The molecule has 2 aliphatic rings. The van der Waals surface area contributed by atoms with Gasteiger partial charge < -0.3 is 14.2 Å². The molecule has 4 nitrogen and oxygen atoms in total. The lowest BCUT2D eigenvalue weighted by Crippen LogP contribution is -2.24. The highest BCUT2D eigenvalue weighted by Crippen LogP contribution is 2.34. The smallest absolute Gasteiger partial charge is 0.231 e. The molecule has 0 bridgehead atoms. The second kappa shape index (κ2) is 4.55. The molecule has 2 heterocycles. The molecule has 92 valence electrons. The number of rotatable bonds is 3. The summed E-state index contributed by atoms with van der Waals surface area (Å²) in [7, 11) is 0. The van der Waals surface area contributed by atoms with Crippen molar-refractivity contribution in [3.8, 4) is 11.5 Å². The van der Waals surface area contributed by atoms with Gasteiger partial charge in [-0.1, -0.05) is 13.0 Å². The Kier molecular flexibility index (Phi) is 2.91. The van der Waals surface area contributed by atoms with E-state index in [9.17, 15) is 0 Å². The Bertz CT molecular complexity index is 402. The van der Waals surface area contributed by atoms with Crippen LogP contribution in [-0.4, -0.2) is 38.1 Å². The molecule has 0 amide bonds. The van der Waals surface area contributed by atoms with Gasteiger partial charge in [-0.3, -0.25) is 4.90 Å². The Hall–Kier alpha value is -1.26. The molecule has 1 unspecified atom stereocenters. The zero-order chi connectivity index (χ0) is 11.7. The predicted molar refractivity (Wildman–Crippen MR) is 63.4 cm³/mol. The van der Waals surface area contributed by atoms with E-state index in [2.05, 4.69) is 24.0 Å². The summed E-state index contributed by atoms with van der Waals surface area (Å²) in [6.45, 7) is 6.25. The summed E-state index contributed by atoms with van der Waals surface area (Å²) in [5.41, 5.74) is 1.29. The molecule has 0 N–H and O–H groups in total. The number of benzene rings is 1. The number of hydrogen-bond donors (Lipinski definition) is 0. The monoisotopic (exact) mass is 235 g/mol. The van der Waals surface area contributed by atoms with Crippen molar-refractivity contribution in [1.82, 2.24) is 4.90 Å². The van der Waals surface area contributed by atoms with Crippen molar-refractivity contribution >= 4 is 0 Å². The van der Waals surface area contributed by atoms with Gasteiger partial charge in [0.2, 0.25) is 6.79 Å². The van der Waals surface area contributed by atoms with Crippen molar-refractivity contribution in [2.45, 2.75) is 12.8 Å². The average Bonchev–Trinajstić information content (AvgIpc) is 2.97. The first kappa shape index (κ1) is 10.9. The van der Waals surface area contributed by atoms with Crippen LogP contribution < -0.4 is 9.47 Å². The fourth-order valence-corrected chi connectivity index (χ4v) is 2.31. The third-order valence-corrected chi connectivity index (χ3v) is 3.32. The minimum atomic E-state index is 0.340. The van der Waals surface area contributed by atoms with Crippen LogP contribution >= 0.6 is 0 Å². The molecule has 17 heavy (non-hydrogen) atoms. The van der Waals surface area contributed by atoms with E-state index in [1.165, 1.54) is 5.56 Å². The first-order valence-corrected chi connectivity index (χ1v) is 6.02. The molecule has 1 aromatic rings. The quantitative estimate of drug-likeness (QED) is 0.799. The van der Waals surface area contributed by atoms with Crippen molar-refractivity contribution in [2.24, 2.45) is 0 Å². The molecule has 3 rings (SSSR count). The third kappa shape index (κ3) is 2.23. The molecule has 1 saturated heterocycles. The first-order chi connectivity index (χ1) is 8.33. The lowest BCUT2D eigenvalue weighted by atomic mass is 10.0. The summed E-state index contributed by atoms with van der Waals surface area (Å²) in [5, 5.41) is 0. The SMILES string of the molecule is CC(CN1CCOC1)c1ccc2c(c1)OCO2. The molecule has 1 atom stereocenters. The number of fused-ring (bicyclic) bond motifs is 1. The zero-order valence-corrected chi connectivity index (χ0v) is 10.0. The van der Waals surface area contributed by atoms with Crippen molar-refractivity contribution < 1.29 is 14.2 Å². The van der Waals surface area contributed by atoms with Crippen LogP contribution in [0.1, 0.15) is 18.4 Å². The highest BCUT2D eigenvalue weighted by molar-refractivity contribution is 5.45. The average molecular weight is 235 g/mol. The van der Waals surface area contributed by atoms with Crippen molar-refractivity contribution in [2.75, 3.05) is 33.2 Å². The van der Waals surface area contributed by atoms with E-state index in [1.54, 1.807) is 0 Å².